The Balaban J connectivity index is 3.61. The van der Waals surface area contributed by atoms with E-state index in [1.165, 1.54) is 12.0 Å². The Kier molecular flexibility index (Phi) is 4.40. The third-order valence-corrected chi connectivity index (χ3v) is 3.79. The molecule has 0 aliphatic rings. The van der Waals surface area contributed by atoms with Crippen LogP contribution in [-0.4, -0.2) is 12.0 Å². The zero-order valence-corrected chi connectivity index (χ0v) is 12.5. The Bertz CT molecular complexity index is 478. The van der Waals surface area contributed by atoms with Gasteiger partial charge in [-0.25, -0.2) is 0 Å². The highest BCUT2D eigenvalue weighted by atomic mass is 32.2. The van der Waals surface area contributed by atoms with E-state index in [0.717, 1.165) is 16.0 Å². The highest BCUT2D eigenvalue weighted by molar-refractivity contribution is 7.94. The maximum absolute atomic E-state index is 11.3. The maximum atomic E-state index is 11.3. The van der Waals surface area contributed by atoms with Crippen LogP contribution in [0.25, 0.3) is 0 Å². The van der Waals surface area contributed by atoms with Crippen LogP contribution >= 0.6 is 12.0 Å². The minimum atomic E-state index is -0.297. The maximum Gasteiger partial charge on any atom is 0.277 e. The van der Waals surface area contributed by atoms with Gasteiger partial charge in [0.05, 0.1) is 12.0 Å². The third-order valence-electron chi connectivity index (χ3n) is 2.83. The molecule has 1 rings (SSSR count). The molecular weight excluding hydrogens is 250 g/mol. The van der Waals surface area contributed by atoms with Gasteiger partial charge in [-0.15, -0.1) is 0 Å². The fraction of sp³-hybridized carbons (Fsp3) is 0.538. The molecule has 0 heterocycles. The lowest BCUT2D eigenvalue weighted by Gasteiger charge is -2.22. The highest BCUT2D eigenvalue weighted by Crippen LogP contribution is 2.40. The third kappa shape index (κ3) is 2.84. The largest absolute Gasteiger partial charge is 0.314 e. The molecular formula is C13H19NO3S. The van der Waals surface area contributed by atoms with Gasteiger partial charge >= 0.3 is 0 Å². The second kappa shape index (κ2) is 5.28. The van der Waals surface area contributed by atoms with E-state index in [2.05, 4.69) is 0 Å². The van der Waals surface area contributed by atoms with Gasteiger partial charge in [-0.1, -0.05) is 20.8 Å². The van der Waals surface area contributed by atoms with Crippen molar-refractivity contribution < 1.29 is 9.11 Å². The first-order valence-corrected chi connectivity index (χ1v) is 6.44. The molecule has 5 heteroatoms. The summed E-state index contributed by atoms with van der Waals surface area (Å²) >= 11 is 1.17. The number of aryl methyl sites for hydroxylation is 1. The molecule has 0 N–H and O–H groups in total. The summed E-state index contributed by atoms with van der Waals surface area (Å²) in [6.45, 7) is 9.68. The Morgan fingerprint density at radius 2 is 1.89 bits per heavy atom. The quantitative estimate of drug-likeness (QED) is 0.469. The lowest BCUT2D eigenvalue weighted by Crippen LogP contribution is -2.15. The first-order valence-electron chi connectivity index (χ1n) is 5.70. The Hall–Kier alpha value is -1.07. The van der Waals surface area contributed by atoms with Gasteiger partial charge in [0.15, 0.2) is 0 Å². The Morgan fingerprint density at radius 3 is 2.28 bits per heavy atom. The van der Waals surface area contributed by atoms with E-state index in [9.17, 15) is 10.1 Å². The van der Waals surface area contributed by atoms with Crippen LogP contribution in [0.5, 0.6) is 0 Å². The van der Waals surface area contributed by atoms with Crippen LogP contribution in [0.15, 0.2) is 11.0 Å². The summed E-state index contributed by atoms with van der Waals surface area (Å²) in [5.41, 5.74) is 2.40. The van der Waals surface area contributed by atoms with Crippen LogP contribution in [0.4, 0.5) is 5.69 Å². The fourth-order valence-electron chi connectivity index (χ4n) is 1.97. The topological polar surface area (TPSA) is 52.4 Å². The van der Waals surface area contributed by atoms with Crippen LogP contribution in [0.3, 0.4) is 0 Å². The molecule has 0 aromatic heterocycles. The predicted octanol–water partition coefficient (Wildman–Crippen LogP) is 4.16. The predicted molar refractivity (Wildman–Crippen MR) is 74.1 cm³/mol. The van der Waals surface area contributed by atoms with Crippen LogP contribution in [0, 0.1) is 24.0 Å². The average molecular weight is 269 g/mol. The molecule has 0 atom stereocenters. The lowest BCUT2D eigenvalue weighted by molar-refractivity contribution is -0.386. The summed E-state index contributed by atoms with van der Waals surface area (Å²) in [5, 5.41) is 11.3. The molecule has 0 amide bonds. The second-order valence-electron chi connectivity index (χ2n) is 5.30. The molecule has 0 aliphatic heterocycles. The molecule has 0 unspecified atom stereocenters. The van der Waals surface area contributed by atoms with Crippen molar-refractivity contribution in [2.24, 2.45) is 0 Å². The molecule has 0 fully saturated rings. The lowest BCUT2D eigenvalue weighted by atomic mass is 9.83. The molecule has 0 bridgehead atoms. The van der Waals surface area contributed by atoms with E-state index in [0.29, 0.717) is 5.56 Å². The molecule has 1 aromatic rings. The second-order valence-corrected chi connectivity index (χ2v) is 6.21. The van der Waals surface area contributed by atoms with Gasteiger partial charge in [0, 0.05) is 28.1 Å². The first-order chi connectivity index (χ1) is 8.20. The van der Waals surface area contributed by atoms with Gasteiger partial charge in [-0.05, 0) is 30.9 Å². The summed E-state index contributed by atoms with van der Waals surface area (Å²) in [6.07, 6.45) is 0. The molecule has 0 radical (unpaired) electrons. The van der Waals surface area contributed by atoms with Crippen molar-refractivity contribution in [1.29, 1.82) is 0 Å². The van der Waals surface area contributed by atoms with Crippen molar-refractivity contribution in [2.45, 2.75) is 44.9 Å². The number of nitro benzene ring substituents is 1. The van der Waals surface area contributed by atoms with E-state index in [-0.39, 0.29) is 16.0 Å². The minimum Gasteiger partial charge on any atom is -0.314 e. The summed E-state index contributed by atoms with van der Waals surface area (Å²) < 4.78 is 5.04. The molecule has 100 valence electrons. The molecule has 4 nitrogen and oxygen atoms in total. The van der Waals surface area contributed by atoms with Crippen LogP contribution in [-0.2, 0) is 9.60 Å². The molecule has 1 aromatic carbocycles. The standard InChI is InChI=1S/C13H19NO3S/c1-8-7-10(13(3,4)5)11(14(15)16)9(2)12(8)18-17-6/h7H,1-6H3. The number of hydrogen-bond acceptors (Lipinski definition) is 4. The number of hydrogen-bond donors (Lipinski definition) is 0. The smallest absolute Gasteiger partial charge is 0.277 e. The van der Waals surface area contributed by atoms with E-state index in [1.54, 1.807) is 14.0 Å². The zero-order valence-electron chi connectivity index (χ0n) is 11.7. The van der Waals surface area contributed by atoms with Gasteiger partial charge in [-0.3, -0.25) is 10.1 Å². The van der Waals surface area contributed by atoms with Crippen LogP contribution < -0.4 is 0 Å². The monoisotopic (exact) mass is 269 g/mol. The molecule has 0 aliphatic carbocycles. The minimum absolute atomic E-state index is 0.202. The molecule has 0 spiro atoms. The van der Waals surface area contributed by atoms with Crippen molar-refractivity contribution in [3.8, 4) is 0 Å². The van der Waals surface area contributed by atoms with Gasteiger partial charge in [-0.2, -0.15) is 0 Å². The fourth-order valence-corrected chi connectivity index (χ4v) is 2.55. The summed E-state index contributed by atoms with van der Waals surface area (Å²) in [5.74, 6) is 0. The van der Waals surface area contributed by atoms with Gasteiger partial charge in [0.1, 0.15) is 0 Å². The number of rotatable bonds is 3. The SMILES string of the molecule is COSc1c(C)cc(C(C)(C)C)c([N+](=O)[O-])c1C. The summed E-state index contributed by atoms with van der Waals surface area (Å²) in [6, 6.07) is 1.90. The van der Waals surface area contributed by atoms with Crippen molar-refractivity contribution in [1.82, 2.24) is 0 Å². The average Bonchev–Trinajstić information content (AvgIpc) is 2.21. The van der Waals surface area contributed by atoms with Gasteiger partial charge in [0.2, 0.25) is 0 Å². The number of nitro groups is 1. The molecule has 0 saturated carbocycles. The molecule has 18 heavy (non-hydrogen) atoms. The molecule has 0 saturated heterocycles. The van der Waals surface area contributed by atoms with Crippen LogP contribution in [0.1, 0.15) is 37.5 Å². The van der Waals surface area contributed by atoms with Crippen molar-refractivity contribution >= 4 is 17.7 Å². The summed E-state index contributed by atoms with van der Waals surface area (Å²) in [4.78, 5) is 11.8. The zero-order chi connectivity index (χ0) is 14.1. The Labute approximate surface area is 112 Å². The number of nitrogens with zero attached hydrogens (tertiary/aromatic N) is 1. The van der Waals surface area contributed by atoms with Crippen LogP contribution in [0.2, 0.25) is 0 Å². The van der Waals surface area contributed by atoms with Gasteiger partial charge < -0.3 is 4.18 Å². The van der Waals surface area contributed by atoms with Gasteiger partial charge in [0.25, 0.3) is 5.69 Å². The van der Waals surface area contributed by atoms with Crippen molar-refractivity contribution in [3.05, 3.63) is 32.9 Å². The van der Waals surface area contributed by atoms with E-state index in [1.807, 2.05) is 33.8 Å². The highest BCUT2D eigenvalue weighted by Gasteiger charge is 2.29. The Morgan fingerprint density at radius 1 is 1.33 bits per heavy atom. The van der Waals surface area contributed by atoms with E-state index >= 15 is 0 Å². The van der Waals surface area contributed by atoms with Crippen molar-refractivity contribution in [3.63, 3.8) is 0 Å². The normalized spacial score (nSPS) is 11.7. The summed E-state index contributed by atoms with van der Waals surface area (Å²) in [7, 11) is 1.56. The van der Waals surface area contributed by atoms with E-state index < -0.39 is 0 Å². The first kappa shape index (κ1) is 15.0. The van der Waals surface area contributed by atoms with E-state index in [4.69, 9.17) is 4.18 Å². The van der Waals surface area contributed by atoms with Crippen molar-refractivity contribution in [2.75, 3.05) is 7.11 Å². The number of benzene rings is 1.